The highest BCUT2D eigenvalue weighted by atomic mass is 79.9. The number of nitrogens with two attached hydrogens (primary N) is 1. The summed E-state index contributed by atoms with van der Waals surface area (Å²) in [6, 6.07) is 5.28. The monoisotopic (exact) mass is 217 g/mol. The van der Waals surface area contributed by atoms with Crippen molar-refractivity contribution in [3.05, 3.63) is 22.7 Å². The Kier molecular flexibility index (Phi) is 2.73. The molecule has 11 heavy (non-hydrogen) atoms. The third-order valence-electron chi connectivity index (χ3n) is 1.27. The summed E-state index contributed by atoms with van der Waals surface area (Å²) in [5, 5.41) is 0. The zero-order valence-electron chi connectivity index (χ0n) is 6.00. The Morgan fingerprint density at radius 1 is 1.45 bits per heavy atom. The standard InChI is InChI=1S/C7H8BrNO2/c1-10-5-2-3-7(11-9)6(8)4-5/h2-4H,9H2,1H3. The van der Waals surface area contributed by atoms with Gasteiger partial charge in [0.2, 0.25) is 0 Å². The molecule has 0 bridgehead atoms. The van der Waals surface area contributed by atoms with E-state index in [0.29, 0.717) is 5.75 Å². The van der Waals surface area contributed by atoms with Gasteiger partial charge in [-0.25, -0.2) is 0 Å². The van der Waals surface area contributed by atoms with Crippen LogP contribution in [0.15, 0.2) is 22.7 Å². The van der Waals surface area contributed by atoms with E-state index < -0.39 is 0 Å². The second-order valence-electron chi connectivity index (χ2n) is 1.91. The third-order valence-corrected chi connectivity index (χ3v) is 1.89. The van der Waals surface area contributed by atoms with Gasteiger partial charge in [-0.3, -0.25) is 0 Å². The quantitative estimate of drug-likeness (QED) is 0.768. The highest BCUT2D eigenvalue weighted by molar-refractivity contribution is 9.10. The normalized spacial score (nSPS) is 9.36. The van der Waals surface area contributed by atoms with Gasteiger partial charge in [0, 0.05) is 0 Å². The topological polar surface area (TPSA) is 44.5 Å². The molecule has 0 radical (unpaired) electrons. The van der Waals surface area contributed by atoms with Gasteiger partial charge in [0.15, 0.2) is 5.75 Å². The molecule has 0 saturated heterocycles. The molecule has 0 aliphatic heterocycles. The highest BCUT2D eigenvalue weighted by Gasteiger charge is 2.00. The third kappa shape index (κ3) is 1.85. The van der Waals surface area contributed by atoms with Gasteiger partial charge in [-0.15, -0.1) is 0 Å². The minimum Gasteiger partial charge on any atom is -0.497 e. The molecular formula is C7H8BrNO2. The van der Waals surface area contributed by atoms with E-state index in [1.165, 1.54) is 0 Å². The average molecular weight is 218 g/mol. The van der Waals surface area contributed by atoms with Crippen LogP contribution in [0.4, 0.5) is 0 Å². The lowest BCUT2D eigenvalue weighted by molar-refractivity contribution is 0.331. The number of hydrogen-bond donors (Lipinski definition) is 1. The van der Waals surface area contributed by atoms with E-state index in [-0.39, 0.29) is 0 Å². The molecule has 4 heteroatoms. The fourth-order valence-corrected chi connectivity index (χ4v) is 1.16. The van der Waals surface area contributed by atoms with Crippen LogP contribution in [0.1, 0.15) is 0 Å². The Morgan fingerprint density at radius 3 is 2.64 bits per heavy atom. The summed E-state index contributed by atoms with van der Waals surface area (Å²) in [5.41, 5.74) is 0. The van der Waals surface area contributed by atoms with E-state index in [4.69, 9.17) is 10.6 Å². The second-order valence-corrected chi connectivity index (χ2v) is 2.77. The molecule has 2 N–H and O–H groups in total. The SMILES string of the molecule is COc1ccc(ON)c(Br)c1. The first kappa shape index (κ1) is 8.36. The molecule has 0 aliphatic rings. The minimum atomic E-state index is 0.589. The molecule has 0 aromatic heterocycles. The van der Waals surface area contributed by atoms with E-state index in [9.17, 15) is 0 Å². The number of ether oxygens (including phenoxy) is 1. The molecular weight excluding hydrogens is 210 g/mol. The molecule has 0 atom stereocenters. The molecule has 0 spiro atoms. The summed E-state index contributed by atoms with van der Waals surface area (Å²) < 4.78 is 5.75. The lowest BCUT2D eigenvalue weighted by Gasteiger charge is -2.03. The fourth-order valence-electron chi connectivity index (χ4n) is 0.704. The molecule has 0 fully saturated rings. The maximum atomic E-state index is 4.97. The predicted molar refractivity (Wildman–Crippen MR) is 45.5 cm³/mol. The van der Waals surface area contributed by atoms with E-state index in [1.54, 1.807) is 25.3 Å². The fraction of sp³-hybridized carbons (Fsp3) is 0.143. The van der Waals surface area contributed by atoms with E-state index in [2.05, 4.69) is 20.8 Å². The summed E-state index contributed by atoms with van der Waals surface area (Å²) in [6.07, 6.45) is 0. The van der Waals surface area contributed by atoms with Crippen molar-refractivity contribution in [2.45, 2.75) is 0 Å². The summed E-state index contributed by atoms with van der Waals surface area (Å²) >= 11 is 3.26. The molecule has 0 heterocycles. The molecule has 0 amide bonds. The Hall–Kier alpha value is -0.740. The van der Waals surface area contributed by atoms with Crippen molar-refractivity contribution in [3.8, 4) is 11.5 Å². The van der Waals surface area contributed by atoms with Crippen LogP contribution >= 0.6 is 15.9 Å². The second kappa shape index (κ2) is 3.59. The summed E-state index contributed by atoms with van der Waals surface area (Å²) in [5.74, 6) is 6.32. The van der Waals surface area contributed by atoms with Crippen LogP contribution < -0.4 is 15.5 Å². The Morgan fingerprint density at radius 2 is 2.18 bits per heavy atom. The molecule has 1 aromatic rings. The van der Waals surface area contributed by atoms with Crippen molar-refractivity contribution in [2.24, 2.45) is 5.90 Å². The average Bonchev–Trinajstić information content (AvgIpc) is 2.04. The van der Waals surface area contributed by atoms with Crippen molar-refractivity contribution in [1.82, 2.24) is 0 Å². The van der Waals surface area contributed by atoms with Gasteiger partial charge in [0.25, 0.3) is 0 Å². The predicted octanol–water partition coefficient (Wildman–Crippen LogP) is 1.71. The summed E-state index contributed by atoms with van der Waals surface area (Å²) in [4.78, 5) is 4.54. The van der Waals surface area contributed by atoms with Gasteiger partial charge < -0.3 is 9.57 Å². The summed E-state index contributed by atoms with van der Waals surface area (Å²) in [7, 11) is 1.60. The number of rotatable bonds is 2. The molecule has 0 unspecified atom stereocenters. The Bertz CT molecular complexity index is 252. The number of methoxy groups -OCH3 is 1. The van der Waals surface area contributed by atoms with Gasteiger partial charge in [0.1, 0.15) is 5.75 Å². The van der Waals surface area contributed by atoms with E-state index in [0.717, 1.165) is 10.2 Å². The minimum absolute atomic E-state index is 0.589. The van der Waals surface area contributed by atoms with Gasteiger partial charge in [-0.1, -0.05) is 0 Å². The van der Waals surface area contributed by atoms with Crippen LogP contribution in [-0.2, 0) is 0 Å². The van der Waals surface area contributed by atoms with Crippen molar-refractivity contribution in [1.29, 1.82) is 0 Å². The molecule has 3 nitrogen and oxygen atoms in total. The van der Waals surface area contributed by atoms with Gasteiger partial charge in [-0.05, 0) is 34.1 Å². The molecule has 0 aliphatic carbocycles. The van der Waals surface area contributed by atoms with E-state index >= 15 is 0 Å². The van der Waals surface area contributed by atoms with Crippen LogP contribution in [0, 0.1) is 0 Å². The lowest BCUT2D eigenvalue weighted by atomic mass is 10.3. The van der Waals surface area contributed by atoms with Crippen LogP contribution in [0.2, 0.25) is 0 Å². The molecule has 60 valence electrons. The number of benzene rings is 1. The van der Waals surface area contributed by atoms with E-state index in [1.807, 2.05) is 0 Å². The first-order valence-corrected chi connectivity index (χ1v) is 3.77. The smallest absolute Gasteiger partial charge is 0.161 e. The largest absolute Gasteiger partial charge is 0.497 e. The first-order chi connectivity index (χ1) is 5.27. The molecule has 1 aromatic carbocycles. The van der Waals surface area contributed by atoms with Gasteiger partial charge in [0.05, 0.1) is 11.6 Å². The van der Waals surface area contributed by atoms with Crippen LogP contribution in [0.3, 0.4) is 0 Å². The van der Waals surface area contributed by atoms with Crippen LogP contribution in [0.25, 0.3) is 0 Å². The van der Waals surface area contributed by atoms with Gasteiger partial charge >= 0.3 is 0 Å². The van der Waals surface area contributed by atoms with Gasteiger partial charge in [-0.2, -0.15) is 5.90 Å². The van der Waals surface area contributed by atoms with Crippen molar-refractivity contribution in [3.63, 3.8) is 0 Å². The number of halogens is 1. The lowest BCUT2D eigenvalue weighted by Crippen LogP contribution is -2.02. The Labute approximate surface area is 73.2 Å². The molecule has 0 saturated carbocycles. The first-order valence-electron chi connectivity index (χ1n) is 2.98. The highest BCUT2D eigenvalue weighted by Crippen LogP contribution is 2.27. The number of hydrogen-bond acceptors (Lipinski definition) is 3. The van der Waals surface area contributed by atoms with Crippen molar-refractivity contribution in [2.75, 3.05) is 7.11 Å². The zero-order valence-corrected chi connectivity index (χ0v) is 7.59. The van der Waals surface area contributed by atoms with Crippen LogP contribution in [-0.4, -0.2) is 7.11 Å². The molecule has 1 rings (SSSR count). The summed E-state index contributed by atoms with van der Waals surface area (Å²) in [6.45, 7) is 0. The maximum Gasteiger partial charge on any atom is 0.161 e. The van der Waals surface area contributed by atoms with Crippen LogP contribution in [0.5, 0.6) is 11.5 Å². The Balaban J connectivity index is 2.99. The van der Waals surface area contributed by atoms with Crippen molar-refractivity contribution >= 4 is 15.9 Å². The zero-order chi connectivity index (χ0) is 8.27. The van der Waals surface area contributed by atoms with Crippen molar-refractivity contribution < 1.29 is 9.57 Å². The maximum absolute atomic E-state index is 4.97.